The number of anilines is 2. The van der Waals surface area contributed by atoms with Crippen LogP contribution in [0.5, 0.6) is 0 Å². The van der Waals surface area contributed by atoms with Crippen LogP contribution in [0.25, 0.3) is 0 Å². The zero-order chi connectivity index (χ0) is 14.9. The summed E-state index contributed by atoms with van der Waals surface area (Å²) in [6.07, 6.45) is 0. The van der Waals surface area contributed by atoms with Crippen LogP contribution in [0.15, 0.2) is 36.4 Å². The first-order valence-corrected chi connectivity index (χ1v) is 6.51. The molecule has 2 N–H and O–H groups in total. The summed E-state index contributed by atoms with van der Waals surface area (Å²) in [5.41, 5.74) is 6.16. The van der Waals surface area contributed by atoms with Gasteiger partial charge in [-0.05, 0) is 30.7 Å². The summed E-state index contributed by atoms with van der Waals surface area (Å²) in [6.45, 7) is 1.83. The second-order valence-electron chi connectivity index (χ2n) is 4.64. The van der Waals surface area contributed by atoms with Gasteiger partial charge in [-0.25, -0.2) is 8.78 Å². The maximum Gasteiger partial charge on any atom is 0.151 e. The van der Waals surface area contributed by atoms with E-state index in [1.807, 2.05) is 25.1 Å². The fraction of sp³-hybridized carbons (Fsp3) is 0.200. The molecule has 20 heavy (non-hydrogen) atoms. The predicted octanol–water partition coefficient (Wildman–Crippen LogP) is 4.40. The minimum absolute atomic E-state index is 0.0579. The Morgan fingerprint density at radius 2 is 1.70 bits per heavy atom. The first-order chi connectivity index (χ1) is 9.41. The lowest BCUT2D eigenvalue weighted by molar-refractivity contribution is 0.566. The monoisotopic (exact) mass is 296 g/mol. The Hall–Kier alpha value is -1.81. The number of benzene rings is 2. The van der Waals surface area contributed by atoms with Gasteiger partial charge in [0.2, 0.25) is 0 Å². The van der Waals surface area contributed by atoms with Gasteiger partial charge in [0.15, 0.2) is 11.6 Å². The topological polar surface area (TPSA) is 29.3 Å². The number of hydrogen-bond donors (Lipinski definition) is 1. The number of nitrogens with zero attached hydrogens (tertiary/aromatic N) is 1. The van der Waals surface area contributed by atoms with Crippen LogP contribution in [0, 0.1) is 11.6 Å². The van der Waals surface area contributed by atoms with Gasteiger partial charge in [-0.2, -0.15) is 0 Å². The van der Waals surface area contributed by atoms with Crippen LogP contribution in [0.1, 0.15) is 18.5 Å². The Labute approximate surface area is 121 Å². The lowest BCUT2D eigenvalue weighted by Gasteiger charge is -2.28. The Bertz CT molecular complexity index is 608. The van der Waals surface area contributed by atoms with Crippen molar-refractivity contribution in [2.75, 3.05) is 17.7 Å². The number of halogens is 3. The number of hydrogen-bond acceptors (Lipinski definition) is 2. The normalized spacial score (nSPS) is 12.2. The lowest BCUT2D eigenvalue weighted by atomic mass is 10.1. The Morgan fingerprint density at radius 3 is 2.25 bits per heavy atom. The van der Waals surface area contributed by atoms with Crippen molar-refractivity contribution in [1.82, 2.24) is 0 Å². The molecule has 0 saturated carbocycles. The summed E-state index contributed by atoms with van der Waals surface area (Å²) in [6, 6.07) is 9.15. The molecular weight excluding hydrogens is 282 g/mol. The lowest BCUT2D eigenvalue weighted by Crippen LogP contribution is -2.24. The van der Waals surface area contributed by atoms with Gasteiger partial charge in [-0.15, -0.1) is 0 Å². The van der Waals surface area contributed by atoms with E-state index >= 15 is 0 Å². The van der Waals surface area contributed by atoms with Gasteiger partial charge in [-0.1, -0.05) is 29.8 Å². The molecule has 1 atom stereocenters. The molecule has 2 nitrogen and oxygen atoms in total. The molecule has 0 aliphatic carbocycles. The third-order valence-corrected chi connectivity index (χ3v) is 3.67. The first kappa shape index (κ1) is 14.6. The molecule has 0 saturated heterocycles. The average molecular weight is 297 g/mol. The van der Waals surface area contributed by atoms with E-state index < -0.39 is 11.6 Å². The van der Waals surface area contributed by atoms with E-state index in [9.17, 15) is 8.78 Å². The van der Waals surface area contributed by atoms with Crippen molar-refractivity contribution < 1.29 is 8.78 Å². The van der Waals surface area contributed by atoms with Crippen LogP contribution in [0.2, 0.25) is 5.02 Å². The van der Waals surface area contributed by atoms with Crippen LogP contribution < -0.4 is 10.6 Å². The molecule has 0 aliphatic heterocycles. The van der Waals surface area contributed by atoms with E-state index in [1.165, 1.54) is 4.90 Å². The molecule has 2 aromatic rings. The van der Waals surface area contributed by atoms with Crippen LogP contribution in [-0.4, -0.2) is 7.05 Å². The Balaban J connectivity index is 2.42. The molecule has 1 unspecified atom stereocenters. The zero-order valence-corrected chi connectivity index (χ0v) is 12.0. The zero-order valence-electron chi connectivity index (χ0n) is 11.2. The number of nitrogens with two attached hydrogens (primary N) is 1. The quantitative estimate of drug-likeness (QED) is 0.851. The largest absolute Gasteiger partial charge is 0.399 e. The van der Waals surface area contributed by atoms with E-state index in [0.717, 1.165) is 17.7 Å². The molecule has 0 amide bonds. The number of nitrogen functional groups attached to an aromatic ring is 1. The number of rotatable bonds is 3. The third kappa shape index (κ3) is 2.70. The van der Waals surface area contributed by atoms with Gasteiger partial charge < -0.3 is 10.6 Å². The second-order valence-corrected chi connectivity index (χ2v) is 5.05. The second kappa shape index (κ2) is 5.67. The molecule has 106 valence electrons. The van der Waals surface area contributed by atoms with Gasteiger partial charge in [0, 0.05) is 17.8 Å². The third-order valence-electron chi connectivity index (χ3n) is 3.33. The van der Waals surface area contributed by atoms with Crippen LogP contribution in [0.3, 0.4) is 0 Å². The van der Waals surface area contributed by atoms with E-state index in [1.54, 1.807) is 13.1 Å². The Morgan fingerprint density at radius 1 is 1.15 bits per heavy atom. The summed E-state index contributed by atoms with van der Waals surface area (Å²) < 4.78 is 27.9. The highest BCUT2D eigenvalue weighted by atomic mass is 35.5. The SMILES string of the molecule is CC(c1ccccc1Cl)N(C)c1c(F)cc(N)cc1F. The molecule has 0 aliphatic rings. The van der Waals surface area contributed by atoms with Crippen LogP contribution >= 0.6 is 11.6 Å². The molecule has 0 aromatic heterocycles. The summed E-state index contributed by atoms with van der Waals surface area (Å²) in [4.78, 5) is 1.51. The van der Waals surface area contributed by atoms with Gasteiger partial charge >= 0.3 is 0 Å². The van der Waals surface area contributed by atoms with E-state index in [2.05, 4.69) is 0 Å². The molecular formula is C15H15ClF2N2. The highest BCUT2D eigenvalue weighted by Crippen LogP contribution is 2.33. The van der Waals surface area contributed by atoms with Gasteiger partial charge in [-0.3, -0.25) is 0 Å². The maximum atomic E-state index is 13.9. The highest BCUT2D eigenvalue weighted by Gasteiger charge is 2.21. The summed E-state index contributed by atoms with van der Waals surface area (Å²) >= 11 is 6.12. The summed E-state index contributed by atoms with van der Waals surface area (Å²) in [7, 11) is 1.62. The van der Waals surface area contributed by atoms with E-state index in [-0.39, 0.29) is 17.4 Å². The van der Waals surface area contributed by atoms with Gasteiger partial charge in [0.05, 0.1) is 6.04 Å². The summed E-state index contributed by atoms with van der Waals surface area (Å²) in [5.74, 6) is -1.38. The van der Waals surface area contributed by atoms with Crippen molar-refractivity contribution >= 4 is 23.0 Å². The van der Waals surface area contributed by atoms with Crippen LogP contribution in [0.4, 0.5) is 20.2 Å². The molecule has 0 radical (unpaired) electrons. The minimum Gasteiger partial charge on any atom is -0.399 e. The van der Waals surface area contributed by atoms with E-state index in [4.69, 9.17) is 17.3 Å². The van der Waals surface area contributed by atoms with Crippen molar-refractivity contribution in [3.05, 3.63) is 58.6 Å². The van der Waals surface area contributed by atoms with Crippen molar-refractivity contribution in [3.8, 4) is 0 Å². The fourth-order valence-electron chi connectivity index (χ4n) is 2.14. The fourth-order valence-corrected chi connectivity index (χ4v) is 2.43. The molecule has 0 bridgehead atoms. The average Bonchev–Trinajstić information content (AvgIpc) is 2.37. The first-order valence-electron chi connectivity index (χ1n) is 6.13. The maximum absolute atomic E-state index is 13.9. The van der Waals surface area contributed by atoms with Crippen molar-refractivity contribution in [2.45, 2.75) is 13.0 Å². The van der Waals surface area contributed by atoms with Crippen molar-refractivity contribution in [2.24, 2.45) is 0 Å². The standard InChI is InChI=1S/C15H15ClF2N2/c1-9(11-5-3-4-6-12(11)16)20(2)15-13(17)7-10(19)8-14(15)18/h3-9H,19H2,1-2H3. The molecule has 5 heteroatoms. The predicted molar refractivity (Wildman–Crippen MR) is 79.0 cm³/mol. The Kier molecular flexibility index (Phi) is 4.14. The molecule has 0 spiro atoms. The molecule has 2 rings (SSSR count). The van der Waals surface area contributed by atoms with Gasteiger partial charge in [0.1, 0.15) is 5.69 Å². The van der Waals surface area contributed by atoms with Crippen molar-refractivity contribution in [3.63, 3.8) is 0 Å². The van der Waals surface area contributed by atoms with Crippen LogP contribution in [-0.2, 0) is 0 Å². The molecule has 2 aromatic carbocycles. The highest BCUT2D eigenvalue weighted by molar-refractivity contribution is 6.31. The van der Waals surface area contributed by atoms with E-state index in [0.29, 0.717) is 5.02 Å². The summed E-state index contributed by atoms with van der Waals surface area (Å²) in [5, 5.41) is 0.558. The molecule has 0 heterocycles. The smallest absolute Gasteiger partial charge is 0.151 e. The van der Waals surface area contributed by atoms with Crippen molar-refractivity contribution in [1.29, 1.82) is 0 Å². The minimum atomic E-state index is -0.691. The van der Waals surface area contributed by atoms with Gasteiger partial charge in [0.25, 0.3) is 0 Å². The molecule has 0 fully saturated rings.